The van der Waals surface area contributed by atoms with E-state index in [1.165, 1.54) is 0 Å². The highest BCUT2D eigenvalue weighted by atomic mass is 32.2. The van der Waals surface area contributed by atoms with Crippen LogP contribution in [0.4, 0.5) is 4.79 Å². The Morgan fingerprint density at radius 1 is 1.50 bits per heavy atom. The van der Waals surface area contributed by atoms with E-state index in [2.05, 4.69) is 17.2 Å². The first kappa shape index (κ1) is 14.9. The molecule has 1 aliphatic carbocycles. The van der Waals surface area contributed by atoms with Gasteiger partial charge in [-0.25, -0.2) is 4.79 Å². The Bertz CT molecular complexity index is 479. The second kappa shape index (κ2) is 7.36. The summed E-state index contributed by atoms with van der Waals surface area (Å²) >= 11 is 1.72. The van der Waals surface area contributed by atoms with E-state index in [1.807, 2.05) is 30.3 Å². The minimum Gasteiger partial charge on any atom is -0.390 e. The van der Waals surface area contributed by atoms with Gasteiger partial charge >= 0.3 is 6.03 Å². The third-order valence-corrected chi connectivity index (χ3v) is 4.22. The van der Waals surface area contributed by atoms with Crippen LogP contribution in [0.2, 0.25) is 0 Å². The largest absolute Gasteiger partial charge is 0.390 e. The summed E-state index contributed by atoms with van der Waals surface area (Å²) in [7, 11) is 0. The van der Waals surface area contributed by atoms with Gasteiger partial charge in [0.15, 0.2) is 0 Å². The fourth-order valence-corrected chi connectivity index (χ4v) is 2.92. The number of aliphatic hydroxyl groups excluding tert-OH is 1. The standard InChI is InChI=1S/C15H20N2O2S/c1-2-8-20-9-7-16-15(19)17-14-12-6-4-3-5-11(12)10-13(14)18/h2-6,13-14,18H,1,7-10H2,(H2,16,17,19). The maximum absolute atomic E-state index is 11.8. The van der Waals surface area contributed by atoms with Crippen molar-refractivity contribution in [1.29, 1.82) is 0 Å². The molecular formula is C15H20N2O2S. The number of carbonyl (C=O) groups excluding carboxylic acids is 1. The van der Waals surface area contributed by atoms with Gasteiger partial charge in [0.25, 0.3) is 0 Å². The highest BCUT2D eigenvalue weighted by molar-refractivity contribution is 7.99. The number of urea groups is 1. The van der Waals surface area contributed by atoms with Gasteiger partial charge in [0.2, 0.25) is 0 Å². The molecule has 0 heterocycles. The smallest absolute Gasteiger partial charge is 0.315 e. The number of fused-ring (bicyclic) bond motifs is 1. The molecule has 20 heavy (non-hydrogen) atoms. The predicted molar refractivity (Wildman–Crippen MR) is 83.0 cm³/mol. The number of rotatable bonds is 6. The fourth-order valence-electron chi connectivity index (χ4n) is 2.34. The molecule has 0 bridgehead atoms. The van der Waals surface area contributed by atoms with Gasteiger partial charge in [-0.1, -0.05) is 30.3 Å². The summed E-state index contributed by atoms with van der Waals surface area (Å²) in [6.07, 6.45) is 1.89. The molecule has 0 aliphatic heterocycles. The molecule has 0 radical (unpaired) electrons. The molecule has 1 aliphatic rings. The van der Waals surface area contributed by atoms with Gasteiger partial charge in [0, 0.05) is 24.5 Å². The lowest BCUT2D eigenvalue weighted by Gasteiger charge is -2.18. The Balaban J connectivity index is 1.81. The molecule has 2 unspecified atom stereocenters. The van der Waals surface area contributed by atoms with Crippen molar-refractivity contribution < 1.29 is 9.90 Å². The quantitative estimate of drug-likeness (QED) is 0.554. The molecule has 0 saturated heterocycles. The summed E-state index contributed by atoms with van der Waals surface area (Å²) in [4.78, 5) is 11.8. The molecule has 2 amide bonds. The number of hydrogen-bond acceptors (Lipinski definition) is 3. The van der Waals surface area contributed by atoms with Crippen molar-refractivity contribution in [3.8, 4) is 0 Å². The highest BCUT2D eigenvalue weighted by Crippen LogP contribution is 2.30. The van der Waals surface area contributed by atoms with E-state index in [1.54, 1.807) is 11.8 Å². The van der Waals surface area contributed by atoms with Gasteiger partial charge in [-0.15, -0.1) is 6.58 Å². The van der Waals surface area contributed by atoms with E-state index in [-0.39, 0.29) is 12.1 Å². The normalized spacial score (nSPS) is 20.2. The molecule has 0 fully saturated rings. The number of benzene rings is 1. The van der Waals surface area contributed by atoms with E-state index in [4.69, 9.17) is 0 Å². The molecule has 0 aromatic heterocycles. The maximum atomic E-state index is 11.8. The molecule has 108 valence electrons. The van der Waals surface area contributed by atoms with Crippen LogP contribution >= 0.6 is 11.8 Å². The van der Waals surface area contributed by atoms with E-state index in [0.29, 0.717) is 13.0 Å². The highest BCUT2D eigenvalue weighted by Gasteiger charge is 2.31. The lowest BCUT2D eigenvalue weighted by atomic mass is 10.1. The van der Waals surface area contributed by atoms with E-state index < -0.39 is 6.10 Å². The van der Waals surface area contributed by atoms with Crippen LogP contribution in [0.1, 0.15) is 17.2 Å². The first-order chi connectivity index (χ1) is 9.72. The number of nitrogens with one attached hydrogen (secondary N) is 2. The molecule has 1 aromatic rings. The summed E-state index contributed by atoms with van der Waals surface area (Å²) in [5.41, 5.74) is 2.11. The van der Waals surface area contributed by atoms with Gasteiger partial charge in [-0.05, 0) is 11.1 Å². The molecule has 2 rings (SSSR count). The third kappa shape index (κ3) is 3.77. The van der Waals surface area contributed by atoms with Crippen molar-refractivity contribution >= 4 is 17.8 Å². The Labute approximate surface area is 123 Å². The molecule has 1 aromatic carbocycles. The van der Waals surface area contributed by atoms with Crippen molar-refractivity contribution in [1.82, 2.24) is 10.6 Å². The van der Waals surface area contributed by atoms with Crippen molar-refractivity contribution in [3.63, 3.8) is 0 Å². The van der Waals surface area contributed by atoms with Crippen LogP contribution in [0.25, 0.3) is 0 Å². The van der Waals surface area contributed by atoms with Gasteiger partial charge in [-0.3, -0.25) is 0 Å². The van der Waals surface area contributed by atoms with Crippen LogP contribution in [-0.4, -0.2) is 35.3 Å². The van der Waals surface area contributed by atoms with Gasteiger partial charge in [-0.2, -0.15) is 11.8 Å². The second-order valence-electron chi connectivity index (χ2n) is 4.71. The van der Waals surface area contributed by atoms with Crippen LogP contribution in [0.15, 0.2) is 36.9 Å². The summed E-state index contributed by atoms with van der Waals surface area (Å²) in [6.45, 7) is 4.25. The zero-order valence-electron chi connectivity index (χ0n) is 11.3. The summed E-state index contributed by atoms with van der Waals surface area (Å²) in [6, 6.07) is 7.28. The van der Waals surface area contributed by atoms with Crippen LogP contribution in [-0.2, 0) is 6.42 Å². The average molecular weight is 292 g/mol. The van der Waals surface area contributed by atoms with E-state index >= 15 is 0 Å². The number of aliphatic hydroxyl groups is 1. The van der Waals surface area contributed by atoms with Gasteiger partial charge in [0.05, 0.1) is 12.1 Å². The van der Waals surface area contributed by atoms with Gasteiger partial charge < -0.3 is 15.7 Å². The Morgan fingerprint density at radius 2 is 2.30 bits per heavy atom. The molecule has 0 spiro atoms. The van der Waals surface area contributed by atoms with Crippen molar-refractivity contribution in [2.24, 2.45) is 0 Å². The first-order valence-corrected chi connectivity index (χ1v) is 7.86. The summed E-state index contributed by atoms with van der Waals surface area (Å²) in [5.74, 6) is 1.74. The number of carbonyl (C=O) groups is 1. The van der Waals surface area contributed by atoms with Crippen LogP contribution in [0, 0.1) is 0 Å². The summed E-state index contributed by atoms with van der Waals surface area (Å²) in [5, 5.41) is 15.7. The van der Waals surface area contributed by atoms with Gasteiger partial charge in [0.1, 0.15) is 0 Å². The first-order valence-electron chi connectivity index (χ1n) is 6.71. The topological polar surface area (TPSA) is 61.4 Å². The van der Waals surface area contributed by atoms with Crippen molar-refractivity contribution in [2.45, 2.75) is 18.6 Å². The number of amides is 2. The van der Waals surface area contributed by atoms with E-state index in [9.17, 15) is 9.90 Å². The predicted octanol–water partition coefficient (Wildman–Crippen LogP) is 1.86. The fraction of sp³-hybridized carbons (Fsp3) is 0.400. The minimum atomic E-state index is -0.548. The number of thioether (sulfide) groups is 1. The lowest BCUT2D eigenvalue weighted by molar-refractivity contribution is 0.142. The SMILES string of the molecule is C=CCSCCNC(=O)NC1c2ccccc2CC1O. The molecule has 0 saturated carbocycles. The minimum absolute atomic E-state index is 0.232. The molecule has 3 N–H and O–H groups in total. The van der Waals surface area contributed by atoms with Crippen LogP contribution < -0.4 is 10.6 Å². The Hall–Kier alpha value is -1.46. The molecule has 2 atom stereocenters. The molecule has 5 heteroatoms. The second-order valence-corrected chi connectivity index (χ2v) is 5.86. The maximum Gasteiger partial charge on any atom is 0.315 e. The van der Waals surface area contributed by atoms with Crippen molar-refractivity contribution in [2.75, 3.05) is 18.1 Å². The monoisotopic (exact) mass is 292 g/mol. The Kier molecular flexibility index (Phi) is 5.49. The van der Waals surface area contributed by atoms with Crippen molar-refractivity contribution in [3.05, 3.63) is 48.0 Å². The van der Waals surface area contributed by atoms with Crippen LogP contribution in [0.5, 0.6) is 0 Å². The molecular weight excluding hydrogens is 272 g/mol. The third-order valence-electron chi connectivity index (χ3n) is 3.26. The Morgan fingerprint density at radius 3 is 3.10 bits per heavy atom. The lowest BCUT2D eigenvalue weighted by Crippen LogP contribution is -2.41. The number of hydrogen-bond donors (Lipinski definition) is 3. The summed E-state index contributed by atoms with van der Waals surface area (Å²) < 4.78 is 0. The van der Waals surface area contributed by atoms with Crippen LogP contribution in [0.3, 0.4) is 0 Å². The molecule has 4 nitrogen and oxygen atoms in total. The zero-order valence-corrected chi connectivity index (χ0v) is 12.2. The zero-order chi connectivity index (χ0) is 14.4. The average Bonchev–Trinajstić information content (AvgIpc) is 2.75. The van der Waals surface area contributed by atoms with E-state index in [0.717, 1.165) is 22.6 Å².